The van der Waals surface area contributed by atoms with Crippen LogP contribution in [0.15, 0.2) is 0 Å². The molecule has 1 aliphatic carbocycles. The van der Waals surface area contributed by atoms with Gasteiger partial charge < -0.3 is 16.2 Å². The molecule has 0 spiro atoms. The van der Waals surface area contributed by atoms with Crippen molar-refractivity contribution < 1.29 is 14.7 Å². The Morgan fingerprint density at radius 2 is 2.00 bits per heavy atom. The third-order valence-electron chi connectivity index (χ3n) is 3.07. The molecule has 1 saturated carbocycles. The van der Waals surface area contributed by atoms with Gasteiger partial charge in [-0.3, -0.25) is 4.79 Å². The maximum atomic E-state index is 11.8. The highest BCUT2D eigenvalue weighted by molar-refractivity contribution is 5.85. The average molecular weight is 228 g/mol. The second-order valence-electron chi connectivity index (χ2n) is 4.84. The second-order valence-corrected chi connectivity index (χ2v) is 4.84. The summed E-state index contributed by atoms with van der Waals surface area (Å²) in [4.78, 5) is 22.7. The zero-order valence-corrected chi connectivity index (χ0v) is 9.77. The van der Waals surface area contributed by atoms with Gasteiger partial charge in [0.25, 0.3) is 0 Å². The molecule has 3 atom stereocenters. The van der Waals surface area contributed by atoms with Gasteiger partial charge in [-0.25, -0.2) is 4.79 Å². The van der Waals surface area contributed by atoms with E-state index in [2.05, 4.69) is 5.32 Å². The Balaban J connectivity index is 2.52. The fourth-order valence-electron chi connectivity index (χ4n) is 2.04. The molecule has 3 unspecified atom stereocenters. The molecule has 16 heavy (non-hydrogen) atoms. The van der Waals surface area contributed by atoms with Gasteiger partial charge in [-0.05, 0) is 25.2 Å². The van der Waals surface area contributed by atoms with Crippen LogP contribution in [0.4, 0.5) is 0 Å². The van der Waals surface area contributed by atoms with Gasteiger partial charge >= 0.3 is 5.97 Å². The fraction of sp³-hybridized carbons (Fsp3) is 0.818. The average Bonchev–Trinajstić information content (AvgIpc) is 2.59. The van der Waals surface area contributed by atoms with E-state index in [-0.39, 0.29) is 23.8 Å². The van der Waals surface area contributed by atoms with Crippen molar-refractivity contribution in [3.8, 4) is 0 Å². The van der Waals surface area contributed by atoms with E-state index in [0.29, 0.717) is 6.42 Å². The Labute approximate surface area is 95.4 Å². The first kappa shape index (κ1) is 13.0. The third-order valence-corrected chi connectivity index (χ3v) is 3.07. The normalized spacial score (nSPS) is 26.8. The number of carbonyl (C=O) groups excluding carboxylic acids is 1. The first-order valence-corrected chi connectivity index (χ1v) is 5.70. The molecule has 1 fully saturated rings. The molecule has 0 radical (unpaired) electrons. The lowest BCUT2D eigenvalue weighted by molar-refractivity contribution is -0.143. The first-order valence-electron chi connectivity index (χ1n) is 5.70. The van der Waals surface area contributed by atoms with Gasteiger partial charge in [0, 0.05) is 12.0 Å². The number of rotatable bonds is 4. The number of nitrogens with one attached hydrogen (secondary N) is 1. The maximum absolute atomic E-state index is 11.8. The molecule has 0 bridgehead atoms. The summed E-state index contributed by atoms with van der Waals surface area (Å²) in [5, 5.41) is 11.5. The van der Waals surface area contributed by atoms with Crippen LogP contribution < -0.4 is 11.1 Å². The van der Waals surface area contributed by atoms with Crippen molar-refractivity contribution in [1.82, 2.24) is 5.32 Å². The van der Waals surface area contributed by atoms with Crippen LogP contribution in [0.2, 0.25) is 0 Å². The van der Waals surface area contributed by atoms with Crippen molar-refractivity contribution in [3.05, 3.63) is 0 Å². The van der Waals surface area contributed by atoms with E-state index < -0.39 is 12.0 Å². The van der Waals surface area contributed by atoms with Crippen molar-refractivity contribution in [2.75, 3.05) is 0 Å². The molecule has 5 nitrogen and oxygen atoms in total. The summed E-state index contributed by atoms with van der Waals surface area (Å²) in [5.41, 5.74) is 5.72. The molecule has 0 aromatic carbocycles. The summed E-state index contributed by atoms with van der Waals surface area (Å²) < 4.78 is 0. The van der Waals surface area contributed by atoms with Crippen LogP contribution in [-0.2, 0) is 9.59 Å². The molecular formula is C11H20N2O3. The topological polar surface area (TPSA) is 92.4 Å². The predicted octanol–water partition coefficient (Wildman–Crippen LogP) is 0.339. The number of amides is 1. The lowest BCUT2D eigenvalue weighted by atomic mass is 10.0. The van der Waals surface area contributed by atoms with Crippen LogP contribution in [0.3, 0.4) is 0 Å². The summed E-state index contributed by atoms with van der Waals surface area (Å²) in [6, 6.07) is -0.720. The molecule has 1 amide bonds. The lowest BCUT2D eigenvalue weighted by Crippen LogP contribution is -2.46. The Morgan fingerprint density at radius 1 is 1.38 bits per heavy atom. The Hall–Kier alpha value is -1.10. The van der Waals surface area contributed by atoms with Crippen LogP contribution in [0.5, 0.6) is 0 Å². The number of hydrogen-bond donors (Lipinski definition) is 3. The Bertz CT molecular complexity index is 278. The van der Waals surface area contributed by atoms with E-state index in [0.717, 1.165) is 12.8 Å². The van der Waals surface area contributed by atoms with Crippen LogP contribution in [0.25, 0.3) is 0 Å². The molecular weight excluding hydrogens is 208 g/mol. The Kier molecular flexibility index (Phi) is 4.29. The number of nitrogens with two attached hydrogens (primary N) is 1. The van der Waals surface area contributed by atoms with Gasteiger partial charge in [0.2, 0.25) is 5.91 Å². The quantitative estimate of drug-likeness (QED) is 0.647. The fourth-order valence-corrected chi connectivity index (χ4v) is 2.04. The van der Waals surface area contributed by atoms with Crippen molar-refractivity contribution in [1.29, 1.82) is 0 Å². The van der Waals surface area contributed by atoms with Gasteiger partial charge in [-0.2, -0.15) is 0 Å². The second kappa shape index (κ2) is 5.30. The van der Waals surface area contributed by atoms with E-state index >= 15 is 0 Å². The molecule has 4 N–H and O–H groups in total. The van der Waals surface area contributed by atoms with Gasteiger partial charge in [0.15, 0.2) is 0 Å². The minimum atomic E-state index is -0.981. The number of carbonyl (C=O) groups is 2. The summed E-state index contributed by atoms with van der Waals surface area (Å²) >= 11 is 0. The molecule has 1 rings (SSSR count). The molecule has 0 aliphatic heterocycles. The number of aliphatic carboxylic acids is 1. The van der Waals surface area contributed by atoms with Crippen LogP contribution in [0.1, 0.15) is 33.1 Å². The first-order chi connectivity index (χ1) is 7.41. The monoisotopic (exact) mass is 228 g/mol. The van der Waals surface area contributed by atoms with E-state index in [1.165, 1.54) is 0 Å². The standard InChI is InChI=1S/C11H20N2O3/c1-6(2)9(11(15)16)13-10(14)7-3-4-8(12)5-7/h6-9H,3-5,12H2,1-2H3,(H,13,14)(H,15,16). The van der Waals surface area contributed by atoms with Crippen LogP contribution in [-0.4, -0.2) is 29.1 Å². The van der Waals surface area contributed by atoms with Crippen LogP contribution >= 0.6 is 0 Å². The molecule has 1 aliphatic rings. The zero-order chi connectivity index (χ0) is 12.3. The minimum Gasteiger partial charge on any atom is -0.480 e. The number of carboxylic acids is 1. The molecule has 0 heterocycles. The van der Waals surface area contributed by atoms with Crippen molar-refractivity contribution in [2.45, 2.75) is 45.2 Å². The highest BCUT2D eigenvalue weighted by Crippen LogP contribution is 2.24. The van der Waals surface area contributed by atoms with Gasteiger partial charge in [0.1, 0.15) is 6.04 Å². The molecule has 0 aromatic heterocycles. The third kappa shape index (κ3) is 3.20. The SMILES string of the molecule is CC(C)C(NC(=O)C1CCC(N)C1)C(=O)O. The Morgan fingerprint density at radius 3 is 2.38 bits per heavy atom. The molecule has 0 saturated heterocycles. The van der Waals surface area contributed by atoms with Gasteiger partial charge in [0.05, 0.1) is 0 Å². The van der Waals surface area contributed by atoms with Gasteiger partial charge in [-0.1, -0.05) is 13.8 Å². The minimum absolute atomic E-state index is 0.0816. The number of hydrogen-bond acceptors (Lipinski definition) is 3. The summed E-state index contributed by atoms with van der Waals surface area (Å²) in [6.45, 7) is 3.55. The molecule has 0 aromatic rings. The summed E-state index contributed by atoms with van der Waals surface area (Å²) in [6.07, 6.45) is 2.27. The lowest BCUT2D eigenvalue weighted by Gasteiger charge is -2.20. The van der Waals surface area contributed by atoms with E-state index in [1.807, 2.05) is 0 Å². The van der Waals surface area contributed by atoms with E-state index in [1.54, 1.807) is 13.8 Å². The molecule has 92 valence electrons. The van der Waals surface area contributed by atoms with Crippen molar-refractivity contribution >= 4 is 11.9 Å². The summed E-state index contributed by atoms with van der Waals surface area (Å²) in [5.74, 6) is -1.38. The van der Waals surface area contributed by atoms with Crippen LogP contribution in [0, 0.1) is 11.8 Å². The maximum Gasteiger partial charge on any atom is 0.326 e. The van der Waals surface area contributed by atoms with Crippen molar-refractivity contribution in [2.24, 2.45) is 17.6 Å². The predicted molar refractivity (Wildman–Crippen MR) is 59.7 cm³/mol. The highest BCUT2D eigenvalue weighted by Gasteiger charge is 2.31. The van der Waals surface area contributed by atoms with Gasteiger partial charge in [-0.15, -0.1) is 0 Å². The van der Waals surface area contributed by atoms with E-state index in [4.69, 9.17) is 10.8 Å². The summed E-state index contributed by atoms with van der Waals surface area (Å²) in [7, 11) is 0. The largest absolute Gasteiger partial charge is 0.480 e. The molecule has 5 heteroatoms. The van der Waals surface area contributed by atoms with Crippen molar-refractivity contribution in [3.63, 3.8) is 0 Å². The highest BCUT2D eigenvalue weighted by atomic mass is 16.4. The van der Waals surface area contributed by atoms with E-state index in [9.17, 15) is 9.59 Å². The smallest absolute Gasteiger partial charge is 0.326 e. The zero-order valence-electron chi connectivity index (χ0n) is 9.77. The number of carboxylic acid groups (broad SMARTS) is 1.